The second-order valence-electron chi connectivity index (χ2n) is 6.02. The molecule has 126 valence electrons. The number of anilines is 1. The van der Waals surface area contributed by atoms with Crippen molar-refractivity contribution in [3.05, 3.63) is 95.2 Å². The third kappa shape index (κ3) is 4.64. The first-order valence-corrected chi connectivity index (χ1v) is 8.65. The highest BCUT2D eigenvalue weighted by Gasteiger charge is 2.15. The summed E-state index contributed by atoms with van der Waals surface area (Å²) in [6.07, 6.45) is 0. The Labute approximate surface area is 154 Å². The quantitative estimate of drug-likeness (QED) is 0.666. The predicted molar refractivity (Wildman–Crippen MR) is 108 cm³/mol. The Balaban J connectivity index is 1.84. The van der Waals surface area contributed by atoms with Crippen molar-refractivity contribution in [1.29, 1.82) is 0 Å². The van der Waals surface area contributed by atoms with Crippen molar-refractivity contribution in [3.8, 4) is 0 Å². The van der Waals surface area contributed by atoms with E-state index in [1.165, 1.54) is 11.1 Å². The highest BCUT2D eigenvalue weighted by atomic mass is 32.1. The van der Waals surface area contributed by atoms with Gasteiger partial charge in [0.25, 0.3) is 0 Å². The minimum absolute atomic E-state index is 0.0223. The van der Waals surface area contributed by atoms with E-state index in [2.05, 4.69) is 58.9 Å². The van der Waals surface area contributed by atoms with Gasteiger partial charge in [0.1, 0.15) is 5.82 Å². The molecular weight excluding hydrogens is 326 g/mol. The monoisotopic (exact) mass is 347 g/mol. The molecule has 25 heavy (non-hydrogen) atoms. The number of aryl methyl sites for hydroxylation is 2. The Morgan fingerprint density at radius 1 is 0.880 bits per heavy atom. The van der Waals surface area contributed by atoms with E-state index in [1.807, 2.05) is 43.3 Å². The Morgan fingerprint density at radius 3 is 2.32 bits per heavy atom. The molecule has 0 saturated heterocycles. The van der Waals surface area contributed by atoms with Crippen LogP contribution in [0.3, 0.4) is 0 Å². The summed E-state index contributed by atoms with van der Waals surface area (Å²) in [7, 11) is 0. The lowest BCUT2D eigenvalue weighted by Crippen LogP contribution is -2.33. The second-order valence-corrected chi connectivity index (χ2v) is 6.43. The Bertz CT molecular complexity index is 862. The number of pyridine rings is 1. The summed E-state index contributed by atoms with van der Waals surface area (Å²) in [4.78, 5) is 4.44. The summed E-state index contributed by atoms with van der Waals surface area (Å²) < 4.78 is 0. The fourth-order valence-electron chi connectivity index (χ4n) is 2.75. The van der Waals surface area contributed by atoms with Gasteiger partial charge < -0.3 is 10.6 Å². The summed E-state index contributed by atoms with van der Waals surface area (Å²) in [5, 5.41) is 7.15. The van der Waals surface area contributed by atoms with Crippen LogP contribution in [-0.2, 0) is 0 Å². The molecule has 0 fully saturated rings. The smallest absolute Gasteiger partial charge is 0.172 e. The molecule has 1 unspecified atom stereocenters. The fraction of sp³-hybridized carbons (Fsp3) is 0.143. The van der Waals surface area contributed by atoms with Gasteiger partial charge in [-0.2, -0.15) is 0 Å². The van der Waals surface area contributed by atoms with Crippen LogP contribution in [-0.4, -0.2) is 10.1 Å². The summed E-state index contributed by atoms with van der Waals surface area (Å²) in [5.74, 6) is 0.744. The van der Waals surface area contributed by atoms with E-state index in [0.29, 0.717) is 5.11 Å². The largest absolute Gasteiger partial charge is 0.351 e. The third-order valence-electron chi connectivity index (χ3n) is 3.91. The summed E-state index contributed by atoms with van der Waals surface area (Å²) >= 11 is 5.53. The molecule has 4 heteroatoms. The number of nitrogens with one attached hydrogen (secondary N) is 2. The molecule has 0 amide bonds. The average Bonchev–Trinajstić information content (AvgIpc) is 2.60. The molecule has 0 saturated carbocycles. The lowest BCUT2D eigenvalue weighted by atomic mass is 9.97. The molecule has 3 aromatic rings. The first-order valence-electron chi connectivity index (χ1n) is 8.24. The Hall–Kier alpha value is -2.72. The first-order chi connectivity index (χ1) is 12.1. The summed E-state index contributed by atoms with van der Waals surface area (Å²) in [5.41, 5.74) is 4.51. The van der Waals surface area contributed by atoms with Crippen LogP contribution in [0.4, 0.5) is 5.82 Å². The van der Waals surface area contributed by atoms with E-state index in [4.69, 9.17) is 12.2 Å². The van der Waals surface area contributed by atoms with Gasteiger partial charge in [-0.3, -0.25) is 0 Å². The van der Waals surface area contributed by atoms with Crippen LogP contribution in [0.5, 0.6) is 0 Å². The Morgan fingerprint density at radius 2 is 1.60 bits per heavy atom. The molecule has 0 spiro atoms. The Kier molecular flexibility index (Phi) is 5.41. The number of hydrogen-bond donors (Lipinski definition) is 2. The highest BCUT2D eigenvalue weighted by molar-refractivity contribution is 7.80. The molecule has 1 aromatic heterocycles. The van der Waals surface area contributed by atoms with Crippen molar-refractivity contribution in [1.82, 2.24) is 10.3 Å². The first kappa shape index (κ1) is 17.1. The van der Waals surface area contributed by atoms with Crippen LogP contribution >= 0.6 is 12.2 Å². The zero-order chi connectivity index (χ0) is 17.6. The molecule has 2 aromatic carbocycles. The number of nitrogens with zero attached hydrogens (tertiary/aromatic N) is 1. The molecule has 1 heterocycles. The maximum atomic E-state index is 5.53. The van der Waals surface area contributed by atoms with E-state index in [9.17, 15) is 0 Å². The minimum atomic E-state index is -0.0223. The molecule has 0 bridgehead atoms. The van der Waals surface area contributed by atoms with Crippen molar-refractivity contribution >= 4 is 23.1 Å². The zero-order valence-electron chi connectivity index (χ0n) is 14.4. The van der Waals surface area contributed by atoms with Crippen molar-refractivity contribution in [2.45, 2.75) is 19.9 Å². The third-order valence-corrected chi connectivity index (χ3v) is 4.13. The fourth-order valence-corrected chi connectivity index (χ4v) is 2.97. The van der Waals surface area contributed by atoms with Crippen LogP contribution in [0.2, 0.25) is 0 Å². The average molecular weight is 347 g/mol. The number of thiocarbonyl (C=S) groups is 1. The minimum Gasteiger partial charge on any atom is -0.351 e. The van der Waals surface area contributed by atoms with Crippen molar-refractivity contribution < 1.29 is 0 Å². The van der Waals surface area contributed by atoms with Gasteiger partial charge in [-0.25, -0.2) is 4.98 Å². The van der Waals surface area contributed by atoms with Gasteiger partial charge in [0.05, 0.1) is 6.04 Å². The molecule has 0 radical (unpaired) electrons. The SMILES string of the molecule is Cc1cccc(C(NC(=S)Nc2cccc(C)n2)c2ccccc2)c1. The van der Waals surface area contributed by atoms with Gasteiger partial charge in [-0.15, -0.1) is 0 Å². The molecule has 3 rings (SSSR count). The second kappa shape index (κ2) is 7.90. The van der Waals surface area contributed by atoms with E-state index in [0.717, 1.165) is 17.1 Å². The predicted octanol–water partition coefficient (Wildman–Crippen LogP) is 4.77. The zero-order valence-corrected chi connectivity index (χ0v) is 15.2. The van der Waals surface area contributed by atoms with Crippen LogP contribution in [0, 0.1) is 13.8 Å². The van der Waals surface area contributed by atoms with Gasteiger partial charge in [0.15, 0.2) is 5.11 Å². The number of rotatable bonds is 4. The standard InChI is InChI=1S/C21H21N3S/c1-15-8-6-12-18(14-15)20(17-10-4-3-5-11-17)24-21(25)23-19-13-7-9-16(2)22-19/h3-14,20H,1-2H3,(H2,22,23,24,25). The molecule has 2 N–H and O–H groups in total. The van der Waals surface area contributed by atoms with Gasteiger partial charge in [-0.05, 0) is 49.3 Å². The highest BCUT2D eigenvalue weighted by Crippen LogP contribution is 2.23. The van der Waals surface area contributed by atoms with Gasteiger partial charge in [-0.1, -0.05) is 66.2 Å². The molecule has 0 aliphatic carbocycles. The van der Waals surface area contributed by atoms with Crippen molar-refractivity contribution in [3.63, 3.8) is 0 Å². The lowest BCUT2D eigenvalue weighted by molar-refractivity contribution is 0.767. The number of benzene rings is 2. The van der Waals surface area contributed by atoms with E-state index >= 15 is 0 Å². The number of hydrogen-bond acceptors (Lipinski definition) is 2. The van der Waals surface area contributed by atoms with Gasteiger partial charge >= 0.3 is 0 Å². The van der Waals surface area contributed by atoms with Gasteiger partial charge in [0.2, 0.25) is 0 Å². The normalized spacial score (nSPS) is 11.6. The van der Waals surface area contributed by atoms with Crippen molar-refractivity contribution in [2.24, 2.45) is 0 Å². The van der Waals surface area contributed by atoms with Crippen LogP contribution < -0.4 is 10.6 Å². The molecule has 1 atom stereocenters. The van der Waals surface area contributed by atoms with E-state index < -0.39 is 0 Å². The molecule has 3 nitrogen and oxygen atoms in total. The topological polar surface area (TPSA) is 37.0 Å². The van der Waals surface area contributed by atoms with Gasteiger partial charge in [0, 0.05) is 5.69 Å². The van der Waals surface area contributed by atoms with Crippen LogP contribution in [0.1, 0.15) is 28.4 Å². The van der Waals surface area contributed by atoms with E-state index in [1.54, 1.807) is 0 Å². The number of aromatic nitrogens is 1. The maximum absolute atomic E-state index is 5.53. The summed E-state index contributed by atoms with van der Waals surface area (Å²) in [6, 6.07) is 24.6. The van der Waals surface area contributed by atoms with Crippen molar-refractivity contribution in [2.75, 3.05) is 5.32 Å². The maximum Gasteiger partial charge on any atom is 0.172 e. The summed E-state index contributed by atoms with van der Waals surface area (Å²) in [6.45, 7) is 4.06. The van der Waals surface area contributed by atoms with Crippen LogP contribution in [0.25, 0.3) is 0 Å². The molecule has 0 aliphatic rings. The van der Waals surface area contributed by atoms with E-state index in [-0.39, 0.29) is 6.04 Å². The molecule has 0 aliphatic heterocycles. The molecular formula is C21H21N3S. The lowest BCUT2D eigenvalue weighted by Gasteiger charge is -2.22. The van der Waals surface area contributed by atoms with Crippen LogP contribution in [0.15, 0.2) is 72.8 Å².